The average molecular weight is 399 g/mol. The van der Waals surface area contributed by atoms with Crippen molar-refractivity contribution in [3.8, 4) is 10.8 Å². The monoisotopic (exact) mass is 397 g/mol. The molecule has 0 bridgehead atoms. The summed E-state index contributed by atoms with van der Waals surface area (Å²) in [5, 5.41) is 8.80. The summed E-state index contributed by atoms with van der Waals surface area (Å²) in [5.74, 6) is 0.612. The van der Waals surface area contributed by atoms with Crippen LogP contribution in [0.5, 0.6) is 0 Å². The van der Waals surface area contributed by atoms with Gasteiger partial charge in [-0.3, -0.25) is 4.79 Å². The van der Waals surface area contributed by atoms with Crippen molar-refractivity contribution in [3.63, 3.8) is 0 Å². The number of thiophene rings is 1. The van der Waals surface area contributed by atoms with Crippen molar-refractivity contribution in [2.45, 2.75) is 6.92 Å². The maximum absolute atomic E-state index is 12.4. The largest absolute Gasteiger partial charge is 0.333 e. The Hall–Kier alpha value is -1.70. The molecule has 0 saturated carbocycles. The minimum absolute atomic E-state index is 0.304. The Bertz CT molecular complexity index is 846. The highest BCUT2D eigenvalue weighted by Crippen LogP contribution is 2.33. The fraction of sp³-hybridized carbons (Fsp3) is 0.0714. The number of hydrogen-bond acceptors (Lipinski definition) is 5. The van der Waals surface area contributed by atoms with E-state index in [2.05, 4.69) is 31.4 Å². The first-order valence-electron chi connectivity index (χ1n) is 6.19. The van der Waals surface area contributed by atoms with Gasteiger partial charge in [-0.2, -0.15) is 4.98 Å². The van der Waals surface area contributed by atoms with Crippen molar-refractivity contribution >= 4 is 50.5 Å². The number of aryl methyl sites for hydroxylation is 1. The summed E-state index contributed by atoms with van der Waals surface area (Å²) in [6.07, 6.45) is 0. The second-order valence-corrected chi connectivity index (χ2v) is 6.63. The van der Waals surface area contributed by atoms with E-state index in [-0.39, 0.29) is 5.91 Å². The van der Waals surface area contributed by atoms with E-state index in [1.165, 1.54) is 11.3 Å². The molecular weight excluding hydrogens is 390 g/mol. The second-order valence-electron chi connectivity index (χ2n) is 4.39. The van der Waals surface area contributed by atoms with Crippen LogP contribution < -0.4 is 5.32 Å². The number of rotatable bonds is 3. The van der Waals surface area contributed by atoms with Crippen LogP contribution in [0, 0.1) is 6.92 Å². The van der Waals surface area contributed by atoms with Crippen LogP contribution in [0.1, 0.15) is 16.2 Å². The summed E-state index contributed by atoms with van der Waals surface area (Å²) in [6, 6.07) is 6.89. The van der Waals surface area contributed by atoms with Gasteiger partial charge in [0.1, 0.15) is 4.88 Å². The lowest BCUT2D eigenvalue weighted by Crippen LogP contribution is -2.12. The van der Waals surface area contributed by atoms with Gasteiger partial charge in [-0.25, -0.2) is 0 Å². The number of amides is 1. The number of hydrogen-bond donors (Lipinski definition) is 1. The van der Waals surface area contributed by atoms with E-state index in [4.69, 9.17) is 16.1 Å². The summed E-state index contributed by atoms with van der Waals surface area (Å²) in [5.41, 5.74) is 0.990. The lowest BCUT2D eigenvalue weighted by Gasteiger charge is -2.07. The standard InChI is InChI=1S/C14H9BrClN3O2S/c1-7-17-14(21-19-7)12-11(4-5-22-12)18-13(20)9-6-8(15)2-3-10(9)16/h2-6H,1H3,(H,18,20). The van der Waals surface area contributed by atoms with Crippen LogP contribution in [-0.4, -0.2) is 16.0 Å². The van der Waals surface area contributed by atoms with E-state index in [1.54, 1.807) is 31.2 Å². The van der Waals surface area contributed by atoms with Crippen molar-refractivity contribution in [2.75, 3.05) is 5.32 Å². The lowest BCUT2D eigenvalue weighted by atomic mass is 10.2. The van der Waals surface area contributed by atoms with Crippen LogP contribution in [-0.2, 0) is 0 Å². The number of aromatic nitrogens is 2. The van der Waals surface area contributed by atoms with Gasteiger partial charge in [0.05, 0.1) is 16.3 Å². The predicted molar refractivity (Wildman–Crippen MR) is 89.5 cm³/mol. The zero-order valence-corrected chi connectivity index (χ0v) is 14.4. The number of nitrogens with one attached hydrogen (secondary N) is 1. The molecule has 3 rings (SSSR count). The Kier molecular flexibility index (Phi) is 4.28. The third-order valence-corrected chi connectivity index (χ3v) is 4.53. The van der Waals surface area contributed by atoms with Gasteiger partial charge in [-0.1, -0.05) is 32.7 Å². The molecule has 0 aliphatic rings. The van der Waals surface area contributed by atoms with Crippen molar-refractivity contribution in [1.82, 2.24) is 10.1 Å². The third-order valence-electron chi connectivity index (χ3n) is 2.81. The first-order valence-corrected chi connectivity index (χ1v) is 8.24. The van der Waals surface area contributed by atoms with Crippen LogP contribution in [0.2, 0.25) is 5.02 Å². The molecule has 0 spiro atoms. The minimum atomic E-state index is -0.304. The Balaban J connectivity index is 1.89. The van der Waals surface area contributed by atoms with Gasteiger partial charge in [0.2, 0.25) is 0 Å². The first-order chi connectivity index (χ1) is 10.5. The Morgan fingerprint density at radius 1 is 1.41 bits per heavy atom. The molecule has 8 heteroatoms. The van der Waals surface area contributed by atoms with Gasteiger partial charge >= 0.3 is 0 Å². The van der Waals surface area contributed by atoms with Crippen LogP contribution in [0.15, 0.2) is 38.6 Å². The summed E-state index contributed by atoms with van der Waals surface area (Å²) in [7, 11) is 0. The molecule has 5 nitrogen and oxygen atoms in total. The van der Waals surface area contributed by atoms with Crippen LogP contribution >= 0.6 is 38.9 Å². The predicted octanol–water partition coefficient (Wildman–Crippen LogP) is 4.77. The normalized spacial score (nSPS) is 10.7. The Labute approximate surface area is 143 Å². The number of benzene rings is 1. The molecular formula is C14H9BrClN3O2S. The Morgan fingerprint density at radius 3 is 2.95 bits per heavy atom. The van der Waals surface area contributed by atoms with Crippen molar-refractivity contribution in [2.24, 2.45) is 0 Å². The van der Waals surface area contributed by atoms with Gasteiger partial charge in [-0.15, -0.1) is 11.3 Å². The van der Waals surface area contributed by atoms with Crippen LogP contribution in [0.4, 0.5) is 5.69 Å². The molecule has 1 N–H and O–H groups in total. The highest BCUT2D eigenvalue weighted by atomic mass is 79.9. The number of halogens is 2. The molecule has 1 amide bonds. The fourth-order valence-corrected chi connectivity index (χ4v) is 3.16. The quantitative estimate of drug-likeness (QED) is 0.689. The lowest BCUT2D eigenvalue weighted by molar-refractivity contribution is 0.102. The van der Waals surface area contributed by atoms with E-state index in [1.807, 2.05) is 5.38 Å². The summed E-state index contributed by atoms with van der Waals surface area (Å²) in [4.78, 5) is 17.3. The average Bonchev–Trinajstić information content (AvgIpc) is 3.10. The Morgan fingerprint density at radius 2 is 2.23 bits per heavy atom. The fourth-order valence-electron chi connectivity index (χ4n) is 1.82. The van der Waals surface area contributed by atoms with Gasteiger partial charge in [0, 0.05) is 4.47 Å². The zero-order valence-electron chi connectivity index (χ0n) is 11.3. The van der Waals surface area contributed by atoms with Gasteiger partial charge in [-0.05, 0) is 36.6 Å². The van der Waals surface area contributed by atoms with E-state index in [0.29, 0.717) is 32.9 Å². The topological polar surface area (TPSA) is 68.0 Å². The zero-order chi connectivity index (χ0) is 15.7. The third kappa shape index (κ3) is 3.06. The molecule has 2 aromatic heterocycles. The second kappa shape index (κ2) is 6.20. The van der Waals surface area contributed by atoms with Crippen molar-refractivity contribution in [1.29, 1.82) is 0 Å². The van der Waals surface area contributed by atoms with Crippen LogP contribution in [0.25, 0.3) is 10.8 Å². The maximum atomic E-state index is 12.4. The first kappa shape index (κ1) is 15.2. The molecule has 22 heavy (non-hydrogen) atoms. The molecule has 0 atom stereocenters. The van der Waals surface area contributed by atoms with E-state index in [9.17, 15) is 4.79 Å². The molecule has 2 heterocycles. The number of carbonyl (C=O) groups is 1. The van der Waals surface area contributed by atoms with E-state index >= 15 is 0 Å². The molecule has 3 aromatic rings. The maximum Gasteiger partial charge on any atom is 0.270 e. The number of nitrogens with zero attached hydrogens (tertiary/aromatic N) is 2. The van der Waals surface area contributed by atoms with Crippen LogP contribution in [0.3, 0.4) is 0 Å². The highest BCUT2D eigenvalue weighted by Gasteiger charge is 2.17. The van der Waals surface area contributed by atoms with Crippen molar-refractivity contribution < 1.29 is 9.32 Å². The molecule has 0 aliphatic heterocycles. The molecule has 1 aromatic carbocycles. The summed E-state index contributed by atoms with van der Waals surface area (Å²) < 4.78 is 5.92. The van der Waals surface area contributed by atoms with Gasteiger partial charge in [0.15, 0.2) is 5.82 Å². The highest BCUT2D eigenvalue weighted by molar-refractivity contribution is 9.10. The summed E-state index contributed by atoms with van der Waals surface area (Å²) in [6.45, 7) is 1.74. The number of anilines is 1. The molecule has 0 fully saturated rings. The number of carbonyl (C=O) groups excluding carboxylic acids is 1. The minimum Gasteiger partial charge on any atom is -0.333 e. The van der Waals surface area contributed by atoms with E-state index < -0.39 is 0 Å². The smallest absolute Gasteiger partial charge is 0.270 e. The van der Waals surface area contributed by atoms with Gasteiger partial charge in [0.25, 0.3) is 11.8 Å². The molecule has 0 aliphatic carbocycles. The molecule has 0 saturated heterocycles. The molecule has 0 unspecified atom stereocenters. The summed E-state index contributed by atoms with van der Waals surface area (Å²) >= 11 is 10.8. The molecule has 0 radical (unpaired) electrons. The SMILES string of the molecule is Cc1noc(-c2sccc2NC(=O)c2cc(Br)ccc2Cl)n1. The van der Waals surface area contributed by atoms with E-state index in [0.717, 1.165) is 4.47 Å². The molecule has 112 valence electrons. The van der Waals surface area contributed by atoms with Gasteiger partial charge < -0.3 is 9.84 Å². The van der Waals surface area contributed by atoms with Crippen molar-refractivity contribution in [3.05, 3.63) is 50.5 Å².